The molecule has 6 heteroatoms. The SMILES string of the molecule is [2H]c1c([2H])c([2H])c(-c2nc(-c3ccc4c(c3)oc3ccccc34)nc(-c3cccc4oc5cc(-n6c7ccccc7c7c(-c8ccccc8)cccc76)ccc5c34)n2)c([2H])c1[2H]. The molecule has 0 saturated carbocycles. The van der Waals surface area contributed by atoms with Crippen molar-refractivity contribution in [3.63, 3.8) is 0 Å². The zero-order valence-electron chi connectivity index (χ0n) is 35.0. The van der Waals surface area contributed by atoms with Gasteiger partial charge in [0.05, 0.1) is 17.9 Å². The Morgan fingerprint density at radius 2 is 1.05 bits per heavy atom. The highest BCUT2D eigenvalue weighted by atomic mass is 16.3. The van der Waals surface area contributed by atoms with E-state index in [-0.39, 0.29) is 23.0 Å². The van der Waals surface area contributed by atoms with Crippen LogP contribution in [-0.2, 0) is 0 Å². The number of fused-ring (bicyclic) bond motifs is 9. The molecule has 6 nitrogen and oxygen atoms in total. The quantitative estimate of drug-likeness (QED) is 0.176. The summed E-state index contributed by atoms with van der Waals surface area (Å²) in [6, 6.07) is 48.4. The van der Waals surface area contributed by atoms with Crippen LogP contribution in [-0.4, -0.2) is 19.5 Å². The maximum atomic E-state index is 8.84. The van der Waals surface area contributed by atoms with Crippen molar-refractivity contribution in [3.8, 4) is 51.0 Å². The lowest BCUT2D eigenvalue weighted by Crippen LogP contribution is -2.00. The molecule has 8 aromatic carbocycles. The highest BCUT2D eigenvalue weighted by molar-refractivity contribution is 6.16. The minimum absolute atomic E-state index is 0.0555. The van der Waals surface area contributed by atoms with Gasteiger partial charge in [0.2, 0.25) is 0 Å². The average Bonchev–Trinajstić information content (AvgIpc) is 3.99. The monoisotopic (exact) mass is 735 g/mol. The smallest absolute Gasteiger partial charge is 0.164 e. The molecular weight excluding hydrogens is 701 g/mol. The molecule has 0 N–H and O–H groups in total. The second kappa shape index (κ2) is 12.3. The highest BCUT2D eigenvalue weighted by Gasteiger charge is 2.21. The molecule has 4 aromatic heterocycles. The van der Waals surface area contributed by atoms with Crippen molar-refractivity contribution >= 4 is 65.7 Å². The van der Waals surface area contributed by atoms with Gasteiger partial charge in [0.1, 0.15) is 22.3 Å². The Bertz CT molecular complexity index is 3810. The Hall–Kier alpha value is -7.83. The summed E-state index contributed by atoms with van der Waals surface area (Å²) in [5.41, 5.74) is 9.12. The molecule has 12 rings (SSSR count). The number of benzene rings is 8. The first-order valence-corrected chi connectivity index (χ1v) is 18.6. The van der Waals surface area contributed by atoms with Gasteiger partial charge in [0, 0.05) is 60.8 Å². The second-order valence-corrected chi connectivity index (χ2v) is 14.0. The zero-order chi connectivity index (χ0) is 41.8. The molecule has 12 aromatic rings. The van der Waals surface area contributed by atoms with Gasteiger partial charge in [-0.1, -0.05) is 127 Å². The minimum atomic E-state index is -0.500. The molecule has 4 heterocycles. The summed E-state index contributed by atoms with van der Waals surface area (Å²) in [5, 5.41) is 5.81. The molecule has 0 bridgehead atoms. The predicted octanol–water partition coefficient (Wildman–Crippen LogP) is 13.4. The van der Waals surface area contributed by atoms with E-state index in [9.17, 15) is 0 Å². The normalized spacial score (nSPS) is 13.1. The highest BCUT2D eigenvalue weighted by Crippen LogP contribution is 2.41. The van der Waals surface area contributed by atoms with Crippen LogP contribution in [0.1, 0.15) is 6.85 Å². The van der Waals surface area contributed by atoms with Gasteiger partial charge < -0.3 is 13.4 Å². The van der Waals surface area contributed by atoms with Crippen molar-refractivity contribution in [1.82, 2.24) is 19.5 Å². The summed E-state index contributed by atoms with van der Waals surface area (Å²) in [7, 11) is 0. The molecule has 0 aliphatic heterocycles. The van der Waals surface area contributed by atoms with Crippen LogP contribution < -0.4 is 0 Å². The van der Waals surface area contributed by atoms with E-state index in [4.69, 9.17) is 30.6 Å². The number of para-hydroxylation sites is 2. The van der Waals surface area contributed by atoms with Crippen molar-refractivity contribution in [2.75, 3.05) is 0 Å². The molecule has 0 fully saturated rings. The van der Waals surface area contributed by atoms with Crippen LogP contribution in [0.5, 0.6) is 0 Å². The summed E-state index contributed by atoms with van der Waals surface area (Å²) in [6.07, 6.45) is 0. The molecule has 0 spiro atoms. The minimum Gasteiger partial charge on any atom is -0.456 e. The Morgan fingerprint density at radius 1 is 0.404 bits per heavy atom. The predicted molar refractivity (Wildman–Crippen MR) is 230 cm³/mol. The van der Waals surface area contributed by atoms with Crippen LogP contribution in [0.2, 0.25) is 0 Å². The summed E-state index contributed by atoms with van der Waals surface area (Å²) >= 11 is 0. The molecule has 0 atom stereocenters. The third-order valence-corrected chi connectivity index (χ3v) is 10.8. The van der Waals surface area contributed by atoms with Gasteiger partial charge in [-0.05, 0) is 59.7 Å². The lowest BCUT2D eigenvalue weighted by Gasteiger charge is -2.10. The fourth-order valence-electron chi connectivity index (χ4n) is 8.26. The number of hydrogen-bond acceptors (Lipinski definition) is 5. The van der Waals surface area contributed by atoms with Crippen molar-refractivity contribution in [1.29, 1.82) is 0 Å². The van der Waals surface area contributed by atoms with Crippen molar-refractivity contribution in [2.24, 2.45) is 0 Å². The first kappa shape index (κ1) is 26.9. The molecule has 0 saturated heterocycles. The summed E-state index contributed by atoms with van der Waals surface area (Å²) in [5.74, 6) is 0.433. The maximum absolute atomic E-state index is 8.84. The average molecular weight is 736 g/mol. The van der Waals surface area contributed by atoms with Gasteiger partial charge in [-0.2, -0.15) is 0 Å². The van der Waals surface area contributed by atoms with Crippen LogP contribution in [0.25, 0.3) is 117 Å². The topological polar surface area (TPSA) is 69.9 Å². The van der Waals surface area contributed by atoms with E-state index >= 15 is 0 Å². The molecule has 57 heavy (non-hydrogen) atoms. The third kappa shape index (κ3) is 4.94. The third-order valence-electron chi connectivity index (χ3n) is 10.8. The van der Waals surface area contributed by atoms with Gasteiger partial charge >= 0.3 is 0 Å². The van der Waals surface area contributed by atoms with Crippen LogP contribution in [0.15, 0.2) is 191 Å². The summed E-state index contributed by atoms with van der Waals surface area (Å²) < 4.78 is 57.9. The van der Waals surface area contributed by atoms with Gasteiger partial charge in [-0.15, -0.1) is 0 Å². The number of aromatic nitrogens is 4. The van der Waals surface area contributed by atoms with Gasteiger partial charge in [-0.25, -0.2) is 15.0 Å². The van der Waals surface area contributed by atoms with Crippen LogP contribution in [0.4, 0.5) is 0 Å². The number of hydrogen-bond donors (Lipinski definition) is 0. The zero-order valence-corrected chi connectivity index (χ0v) is 30.0. The Morgan fingerprint density at radius 3 is 1.95 bits per heavy atom. The van der Waals surface area contributed by atoms with Gasteiger partial charge in [0.25, 0.3) is 0 Å². The molecular formula is C51H30N4O2. The molecule has 0 radical (unpaired) electrons. The lowest BCUT2D eigenvalue weighted by molar-refractivity contribution is 0.668. The largest absolute Gasteiger partial charge is 0.456 e. The number of rotatable bonds is 5. The molecule has 0 amide bonds. The van der Waals surface area contributed by atoms with Crippen molar-refractivity contribution < 1.29 is 15.7 Å². The first-order valence-electron chi connectivity index (χ1n) is 21.1. The molecule has 0 aliphatic carbocycles. The number of nitrogens with zero attached hydrogens (tertiary/aromatic N) is 4. The van der Waals surface area contributed by atoms with Gasteiger partial charge in [-0.3, -0.25) is 0 Å². The van der Waals surface area contributed by atoms with E-state index in [1.165, 1.54) is 5.39 Å². The first-order chi connectivity index (χ1) is 30.3. The van der Waals surface area contributed by atoms with Crippen molar-refractivity contribution in [2.45, 2.75) is 0 Å². The number of furan rings is 2. The maximum Gasteiger partial charge on any atom is 0.164 e. The molecule has 266 valence electrons. The second-order valence-electron chi connectivity index (χ2n) is 14.0. The van der Waals surface area contributed by atoms with E-state index < -0.39 is 30.2 Å². The lowest BCUT2D eigenvalue weighted by atomic mass is 9.99. The fraction of sp³-hybridized carbons (Fsp3) is 0. The van der Waals surface area contributed by atoms with E-state index in [1.54, 1.807) is 0 Å². The van der Waals surface area contributed by atoms with Crippen LogP contribution in [0, 0.1) is 0 Å². The van der Waals surface area contributed by atoms with Crippen LogP contribution in [0.3, 0.4) is 0 Å². The van der Waals surface area contributed by atoms with E-state index in [1.807, 2.05) is 66.7 Å². The molecule has 0 unspecified atom stereocenters. The fourth-order valence-corrected chi connectivity index (χ4v) is 8.26. The van der Waals surface area contributed by atoms with Crippen molar-refractivity contribution in [3.05, 3.63) is 182 Å². The Balaban J connectivity index is 1.07. The summed E-state index contributed by atoms with van der Waals surface area (Å²) in [4.78, 5) is 14.7. The van der Waals surface area contributed by atoms with Crippen LogP contribution >= 0.6 is 0 Å². The standard InChI is InChI=1S/C51H30N4O2/c1-3-13-31(14-4-1)35-19-11-22-42-47(35)38-18-7-9-21-41(38)55(42)34-26-28-39-46(30-34)57-44-24-12-20-40(48(39)44)51-53-49(32-15-5-2-6-16-32)52-50(54-51)33-25-27-37-36-17-8-10-23-43(36)56-45(37)29-33/h1-30H/i2D,5D,6D,15D,16D. The van der Waals surface area contributed by atoms with Gasteiger partial charge in [0.15, 0.2) is 17.5 Å². The Labute approximate surface area is 332 Å². The van der Waals surface area contributed by atoms with E-state index in [0.717, 1.165) is 60.4 Å². The Kier molecular flexibility index (Phi) is 5.82. The summed E-state index contributed by atoms with van der Waals surface area (Å²) in [6.45, 7) is 0. The van der Waals surface area contributed by atoms with E-state index in [2.05, 4.69) is 89.5 Å². The molecule has 0 aliphatic rings. The van der Waals surface area contributed by atoms with E-state index in [0.29, 0.717) is 27.9 Å².